The van der Waals surface area contributed by atoms with Gasteiger partial charge < -0.3 is 19.9 Å². The fraction of sp³-hybridized carbons (Fsp3) is 1.00. The SMILES string of the molecule is CC(C)COCCOC1CCCC(CO)(NC2CC2)C1. The molecule has 4 heteroatoms. The van der Waals surface area contributed by atoms with Crippen molar-refractivity contribution in [3.63, 3.8) is 0 Å². The van der Waals surface area contributed by atoms with E-state index in [1.54, 1.807) is 0 Å². The number of aliphatic hydroxyl groups excluding tert-OH is 1. The molecule has 0 aliphatic heterocycles. The summed E-state index contributed by atoms with van der Waals surface area (Å²) in [6.07, 6.45) is 7.04. The van der Waals surface area contributed by atoms with Crippen LogP contribution in [0.1, 0.15) is 52.4 Å². The summed E-state index contributed by atoms with van der Waals surface area (Å²) in [7, 11) is 0. The summed E-state index contributed by atoms with van der Waals surface area (Å²) in [6, 6.07) is 0.635. The third-order valence-corrected chi connectivity index (χ3v) is 4.22. The highest BCUT2D eigenvalue weighted by atomic mass is 16.5. The summed E-state index contributed by atoms with van der Waals surface area (Å²) in [5, 5.41) is 13.4. The van der Waals surface area contributed by atoms with E-state index >= 15 is 0 Å². The molecule has 0 spiro atoms. The Morgan fingerprint density at radius 2 is 2.05 bits per heavy atom. The molecule has 0 heterocycles. The second kappa shape index (κ2) is 7.74. The molecule has 0 radical (unpaired) electrons. The highest BCUT2D eigenvalue weighted by molar-refractivity contribution is 4.99. The van der Waals surface area contributed by atoms with Gasteiger partial charge in [0, 0.05) is 18.2 Å². The standard InChI is InChI=1S/C16H31NO3/c1-13(2)11-19-8-9-20-15-4-3-7-16(10-15,12-18)17-14-5-6-14/h13-15,17-18H,3-12H2,1-2H3. The van der Waals surface area contributed by atoms with E-state index < -0.39 is 0 Å². The number of ether oxygens (including phenoxy) is 2. The van der Waals surface area contributed by atoms with Gasteiger partial charge in [0.2, 0.25) is 0 Å². The molecule has 2 saturated carbocycles. The van der Waals surface area contributed by atoms with E-state index in [1.165, 1.54) is 12.8 Å². The first kappa shape index (κ1) is 16.2. The highest BCUT2D eigenvalue weighted by Gasteiger charge is 2.40. The minimum absolute atomic E-state index is 0.0944. The lowest BCUT2D eigenvalue weighted by Crippen LogP contribution is -2.54. The lowest BCUT2D eigenvalue weighted by atomic mass is 9.80. The second-order valence-corrected chi connectivity index (χ2v) is 6.91. The van der Waals surface area contributed by atoms with Gasteiger partial charge in [-0.2, -0.15) is 0 Å². The molecule has 0 amide bonds. The smallest absolute Gasteiger partial charge is 0.0704 e. The quantitative estimate of drug-likeness (QED) is 0.637. The number of nitrogens with one attached hydrogen (secondary N) is 1. The molecule has 0 aromatic rings. The molecule has 0 aromatic carbocycles. The average Bonchev–Trinajstić information content (AvgIpc) is 3.22. The topological polar surface area (TPSA) is 50.7 Å². The van der Waals surface area contributed by atoms with Gasteiger partial charge >= 0.3 is 0 Å². The first-order chi connectivity index (χ1) is 9.63. The van der Waals surface area contributed by atoms with Crippen LogP contribution in [0, 0.1) is 5.92 Å². The van der Waals surface area contributed by atoms with Crippen LogP contribution in [0.2, 0.25) is 0 Å². The average molecular weight is 285 g/mol. The third kappa shape index (κ3) is 5.32. The minimum Gasteiger partial charge on any atom is -0.394 e. The van der Waals surface area contributed by atoms with Crippen LogP contribution in [-0.4, -0.2) is 49.2 Å². The number of rotatable bonds is 9. The fourth-order valence-electron chi connectivity index (χ4n) is 3.02. The van der Waals surface area contributed by atoms with Gasteiger partial charge in [-0.05, 0) is 44.4 Å². The van der Waals surface area contributed by atoms with Crippen LogP contribution in [0.3, 0.4) is 0 Å². The molecule has 0 saturated heterocycles. The summed E-state index contributed by atoms with van der Waals surface area (Å²) in [5.41, 5.74) is -0.0944. The van der Waals surface area contributed by atoms with Crippen molar-refractivity contribution < 1.29 is 14.6 Å². The van der Waals surface area contributed by atoms with Crippen molar-refractivity contribution in [2.75, 3.05) is 26.4 Å². The summed E-state index contributed by atoms with van der Waals surface area (Å²) < 4.78 is 11.5. The molecule has 2 rings (SSSR count). The van der Waals surface area contributed by atoms with E-state index in [0.29, 0.717) is 25.2 Å². The lowest BCUT2D eigenvalue weighted by molar-refractivity contribution is -0.0405. The molecule has 4 nitrogen and oxygen atoms in total. The van der Waals surface area contributed by atoms with E-state index in [1.807, 2.05) is 0 Å². The van der Waals surface area contributed by atoms with E-state index in [0.717, 1.165) is 32.3 Å². The molecular formula is C16H31NO3. The Bertz CT molecular complexity index is 281. The summed E-state index contributed by atoms with van der Waals surface area (Å²) in [4.78, 5) is 0. The first-order valence-electron chi connectivity index (χ1n) is 8.21. The molecular weight excluding hydrogens is 254 g/mol. The zero-order chi connectivity index (χ0) is 14.4. The Balaban J connectivity index is 1.66. The Hall–Kier alpha value is -0.160. The van der Waals surface area contributed by atoms with Crippen LogP contribution >= 0.6 is 0 Å². The Morgan fingerprint density at radius 1 is 1.25 bits per heavy atom. The molecule has 118 valence electrons. The Morgan fingerprint density at radius 3 is 2.70 bits per heavy atom. The van der Waals surface area contributed by atoms with Crippen LogP contribution in [0.15, 0.2) is 0 Å². The van der Waals surface area contributed by atoms with Crippen molar-refractivity contribution in [3.05, 3.63) is 0 Å². The number of hydrogen-bond donors (Lipinski definition) is 2. The van der Waals surface area contributed by atoms with Crippen LogP contribution in [0.25, 0.3) is 0 Å². The van der Waals surface area contributed by atoms with Crippen LogP contribution in [-0.2, 0) is 9.47 Å². The van der Waals surface area contributed by atoms with Crippen LogP contribution in [0.4, 0.5) is 0 Å². The normalized spacial score (nSPS) is 30.9. The van der Waals surface area contributed by atoms with Crippen LogP contribution in [0.5, 0.6) is 0 Å². The predicted molar refractivity (Wildman–Crippen MR) is 79.8 cm³/mol. The van der Waals surface area contributed by atoms with E-state index in [9.17, 15) is 5.11 Å². The summed E-state index contributed by atoms with van der Waals surface area (Å²) in [6.45, 7) is 6.69. The first-order valence-corrected chi connectivity index (χ1v) is 8.21. The molecule has 2 unspecified atom stereocenters. The fourth-order valence-corrected chi connectivity index (χ4v) is 3.02. The van der Waals surface area contributed by atoms with Crippen molar-refractivity contribution in [1.82, 2.24) is 5.32 Å². The van der Waals surface area contributed by atoms with Crippen molar-refractivity contribution in [2.45, 2.75) is 70.1 Å². The number of hydrogen-bond acceptors (Lipinski definition) is 4. The van der Waals surface area contributed by atoms with Gasteiger partial charge in [0.05, 0.1) is 25.9 Å². The zero-order valence-electron chi connectivity index (χ0n) is 13.1. The minimum atomic E-state index is -0.0944. The van der Waals surface area contributed by atoms with Crippen molar-refractivity contribution in [2.24, 2.45) is 5.92 Å². The van der Waals surface area contributed by atoms with Crippen LogP contribution < -0.4 is 5.32 Å². The molecule has 2 fully saturated rings. The Labute approximate surface area is 123 Å². The highest BCUT2D eigenvalue weighted by Crippen LogP contribution is 2.33. The molecule has 2 atom stereocenters. The van der Waals surface area contributed by atoms with Gasteiger partial charge in [0.15, 0.2) is 0 Å². The van der Waals surface area contributed by atoms with E-state index in [4.69, 9.17) is 9.47 Å². The maximum atomic E-state index is 9.76. The molecule has 0 bridgehead atoms. The maximum absolute atomic E-state index is 9.76. The molecule has 0 aromatic heterocycles. The van der Waals surface area contributed by atoms with Crippen molar-refractivity contribution in [1.29, 1.82) is 0 Å². The number of aliphatic hydroxyl groups is 1. The zero-order valence-corrected chi connectivity index (χ0v) is 13.1. The van der Waals surface area contributed by atoms with Crippen molar-refractivity contribution >= 4 is 0 Å². The summed E-state index contributed by atoms with van der Waals surface area (Å²) >= 11 is 0. The van der Waals surface area contributed by atoms with Gasteiger partial charge in [-0.3, -0.25) is 0 Å². The largest absolute Gasteiger partial charge is 0.394 e. The van der Waals surface area contributed by atoms with E-state index in [2.05, 4.69) is 19.2 Å². The van der Waals surface area contributed by atoms with Gasteiger partial charge in [-0.15, -0.1) is 0 Å². The van der Waals surface area contributed by atoms with Gasteiger partial charge in [-0.25, -0.2) is 0 Å². The maximum Gasteiger partial charge on any atom is 0.0704 e. The second-order valence-electron chi connectivity index (χ2n) is 6.91. The predicted octanol–water partition coefficient (Wildman–Crippen LogP) is 2.10. The third-order valence-electron chi connectivity index (χ3n) is 4.22. The molecule has 2 aliphatic carbocycles. The van der Waals surface area contributed by atoms with Gasteiger partial charge in [-0.1, -0.05) is 13.8 Å². The van der Waals surface area contributed by atoms with Gasteiger partial charge in [0.1, 0.15) is 0 Å². The molecule has 2 N–H and O–H groups in total. The lowest BCUT2D eigenvalue weighted by Gasteiger charge is -2.40. The monoisotopic (exact) mass is 285 g/mol. The van der Waals surface area contributed by atoms with E-state index in [-0.39, 0.29) is 18.2 Å². The molecule has 2 aliphatic rings. The van der Waals surface area contributed by atoms with Crippen molar-refractivity contribution in [3.8, 4) is 0 Å². The van der Waals surface area contributed by atoms with Gasteiger partial charge in [0.25, 0.3) is 0 Å². The summed E-state index contributed by atoms with van der Waals surface area (Å²) in [5.74, 6) is 0.578. The Kier molecular flexibility index (Phi) is 6.27. The molecule has 20 heavy (non-hydrogen) atoms.